The third kappa shape index (κ3) is 5.68. The van der Waals surface area contributed by atoms with E-state index in [1.54, 1.807) is 37.3 Å². The molecule has 2 aromatic carbocycles. The van der Waals surface area contributed by atoms with Crippen LogP contribution >= 0.6 is 23.4 Å². The fourth-order valence-electron chi connectivity index (χ4n) is 3.42. The second kappa shape index (κ2) is 11.5. The zero-order valence-corrected chi connectivity index (χ0v) is 19.8. The number of anilines is 1. The quantitative estimate of drug-likeness (QED) is 0.381. The number of para-hydroxylation sites is 1. The molecular formula is C25H21ClFN3O3S. The number of thioether (sulfide) groups is 1. The number of rotatable bonds is 8. The van der Waals surface area contributed by atoms with Gasteiger partial charge in [-0.3, -0.25) is 4.79 Å². The van der Waals surface area contributed by atoms with Gasteiger partial charge in [0.05, 0.1) is 44.6 Å². The SMILES string of the molecule is C=CCOC(=O)C1=C(C)NC(SCC(=O)Nc2ccccc2Cl)=C(C#N)C1c1ccccc1F. The predicted octanol–water partition coefficient (Wildman–Crippen LogP) is 5.28. The molecular weight excluding hydrogens is 477 g/mol. The standard InChI is InChI=1S/C25H21ClFN3O3S/c1-3-12-33-25(32)22-15(2)29-24(17(13-28)23(22)16-8-4-6-10-19(16)27)34-14-21(31)30-20-11-7-5-9-18(20)26/h3-11,23,29H,1,12,14H2,2H3,(H,30,31). The number of hydrogen-bond acceptors (Lipinski definition) is 6. The molecule has 1 amide bonds. The van der Waals surface area contributed by atoms with E-state index in [9.17, 15) is 19.2 Å². The van der Waals surface area contributed by atoms with Gasteiger partial charge < -0.3 is 15.4 Å². The Kier molecular flexibility index (Phi) is 8.52. The molecule has 1 atom stereocenters. The van der Waals surface area contributed by atoms with Crippen molar-refractivity contribution < 1.29 is 18.7 Å². The third-order valence-corrected chi connectivity index (χ3v) is 6.26. The molecule has 1 heterocycles. The molecule has 34 heavy (non-hydrogen) atoms. The van der Waals surface area contributed by atoms with Gasteiger partial charge in [0.2, 0.25) is 5.91 Å². The maximum Gasteiger partial charge on any atom is 0.337 e. The Labute approximate surface area is 206 Å². The van der Waals surface area contributed by atoms with Crippen LogP contribution in [0.2, 0.25) is 5.02 Å². The maximum absolute atomic E-state index is 14.8. The highest BCUT2D eigenvalue weighted by atomic mass is 35.5. The normalized spacial score (nSPS) is 15.3. The first-order chi connectivity index (χ1) is 16.4. The number of nitrogens with zero attached hydrogens (tertiary/aromatic N) is 1. The molecule has 3 rings (SSSR count). The maximum atomic E-state index is 14.8. The Balaban J connectivity index is 1.93. The van der Waals surface area contributed by atoms with Gasteiger partial charge in [-0.25, -0.2) is 9.18 Å². The molecule has 0 aliphatic carbocycles. The minimum atomic E-state index is -1.00. The van der Waals surface area contributed by atoms with Crippen LogP contribution < -0.4 is 10.6 Å². The monoisotopic (exact) mass is 497 g/mol. The first-order valence-electron chi connectivity index (χ1n) is 10.2. The van der Waals surface area contributed by atoms with E-state index in [0.29, 0.717) is 21.4 Å². The van der Waals surface area contributed by atoms with Crippen molar-refractivity contribution in [3.05, 3.63) is 99.5 Å². The number of hydrogen-bond donors (Lipinski definition) is 2. The smallest absolute Gasteiger partial charge is 0.337 e. The van der Waals surface area contributed by atoms with Crippen molar-refractivity contribution >= 4 is 40.9 Å². The van der Waals surface area contributed by atoms with E-state index in [2.05, 4.69) is 23.3 Å². The Bertz CT molecular complexity index is 1240. The fraction of sp³-hybridized carbons (Fsp3) is 0.160. The molecule has 1 aliphatic rings. The summed E-state index contributed by atoms with van der Waals surface area (Å²) in [7, 11) is 0. The van der Waals surface area contributed by atoms with Crippen molar-refractivity contribution in [3.8, 4) is 6.07 Å². The minimum Gasteiger partial charge on any atom is -0.458 e. The molecule has 0 radical (unpaired) electrons. The van der Waals surface area contributed by atoms with Crippen LogP contribution in [0.5, 0.6) is 0 Å². The lowest BCUT2D eigenvalue weighted by Gasteiger charge is -2.29. The number of dihydropyridines is 1. The molecule has 0 aromatic heterocycles. The van der Waals surface area contributed by atoms with Crippen molar-refractivity contribution in [1.82, 2.24) is 5.32 Å². The molecule has 0 saturated heterocycles. The van der Waals surface area contributed by atoms with Crippen LogP contribution in [0, 0.1) is 17.1 Å². The number of esters is 1. The topological polar surface area (TPSA) is 91.2 Å². The predicted molar refractivity (Wildman–Crippen MR) is 131 cm³/mol. The molecule has 0 bridgehead atoms. The van der Waals surface area contributed by atoms with Gasteiger partial charge in [0.25, 0.3) is 0 Å². The number of nitrogens with one attached hydrogen (secondary N) is 2. The number of carbonyl (C=O) groups is 2. The summed E-state index contributed by atoms with van der Waals surface area (Å²) < 4.78 is 20.0. The third-order valence-electron chi connectivity index (χ3n) is 4.91. The number of halogens is 2. The van der Waals surface area contributed by atoms with Crippen LogP contribution in [0.15, 0.2) is 83.1 Å². The van der Waals surface area contributed by atoms with Crippen LogP contribution in [-0.4, -0.2) is 24.2 Å². The van der Waals surface area contributed by atoms with Gasteiger partial charge in [-0.1, -0.05) is 66.3 Å². The highest BCUT2D eigenvalue weighted by Gasteiger charge is 2.37. The van der Waals surface area contributed by atoms with E-state index < -0.39 is 17.7 Å². The summed E-state index contributed by atoms with van der Waals surface area (Å²) in [6.45, 7) is 5.13. The van der Waals surface area contributed by atoms with Crippen LogP contribution in [0.4, 0.5) is 10.1 Å². The lowest BCUT2D eigenvalue weighted by atomic mass is 9.82. The highest BCUT2D eigenvalue weighted by Crippen LogP contribution is 2.41. The zero-order valence-electron chi connectivity index (χ0n) is 18.2. The van der Waals surface area contributed by atoms with Gasteiger partial charge in [-0.2, -0.15) is 5.26 Å². The van der Waals surface area contributed by atoms with E-state index in [0.717, 1.165) is 11.8 Å². The van der Waals surface area contributed by atoms with E-state index >= 15 is 0 Å². The van der Waals surface area contributed by atoms with Gasteiger partial charge in [0, 0.05) is 11.3 Å². The van der Waals surface area contributed by atoms with Crippen molar-refractivity contribution in [3.63, 3.8) is 0 Å². The highest BCUT2D eigenvalue weighted by molar-refractivity contribution is 8.03. The summed E-state index contributed by atoms with van der Waals surface area (Å²) >= 11 is 7.16. The number of ether oxygens (including phenoxy) is 1. The Hall–Kier alpha value is -3.54. The number of nitriles is 1. The molecule has 174 valence electrons. The van der Waals surface area contributed by atoms with E-state index in [4.69, 9.17) is 16.3 Å². The number of amides is 1. The van der Waals surface area contributed by atoms with Crippen molar-refractivity contribution in [2.24, 2.45) is 0 Å². The van der Waals surface area contributed by atoms with Gasteiger partial charge in [0.1, 0.15) is 12.4 Å². The minimum absolute atomic E-state index is 0.0327. The first kappa shape index (κ1) is 25.1. The summed E-state index contributed by atoms with van der Waals surface area (Å²) in [5.41, 5.74) is 1.25. The van der Waals surface area contributed by atoms with Crippen LogP contribution in [0.25, 0.3) is 0 Å². The van der Waals surface area contributed by atoms with Crippen LogP contribution in [0.3, 0.4) is 0 Å². The average molecular weight is 498 g/mol. The second-order valence-electron chi connectivity index (χ2n) is 7.18. The molecule has 0 spiro atoms. The van der Waals surface area contributed by atoms with Gasteiger partial charge >= 0.3 is 5.97 Å². The van der Waals surface area contributed by atoms with Crippen molar-refractivity contribution in [1.29, 1.82) is 5.26 Å². The van der Waals surface area contributed by atoms with Crippen molar-refractivity contribution in [2.45, 2.75) is 12.8 Å². The second-order valence-corrected chi connectivity index (χ2v) is 8.57. The molecule has 6 nitrogen and oxygen atoms in total. The summed E-state index contributed by atoms with van der Waals surface area (Å²) in [5.74, 6) is -2.65. The Morgan fingerprint density at radius 3 is 2.68 bits per heavy atom. The molecule has 9 heteroatoms. The Morgan fingerprint density at radius 2 is 2.00 bits per heavy atom. The number of allylic oxidation sites excluding steroid dienone is 2. The van der Waals surface area contributed by atoms with Gasteiger partial charge in [0.15, 0.2) is 0 Å². The van der Waals surface area contributed by atoms with E-state index in [-0.39, 0.29) is 35.0 Å². The number of carbonyl (C=O) groups excluding carboxylic acids is 2. The van der Waals surface area contributed by atoms with E-state index in [1.165, 1.54) is 24.3 Å². The summed E-state index contributed by atoms with van der Waals surface area (Å²) in [6.07, 6.45) is 1.42. The summed E-state index contributed by atoms with van der Waals surface area (Å²) in [4.78, 5) is 25.3. The Morgan fingerprint density at radius 1 is 1.29 bits per heavy atom. The average Bonchev–Trinajstić information content (AvgIpc) is 2.82. The number of benzene rings is 2. The molecule has 1 unspecified atom stereocenters. The molecule has 0 fully saturated rings. The zero-order chi connectivity index (χ0) is 24.7. The first-order valence-corrected chi connectivity index (χ1v) is 11.5. The summed E-state index contributed by atoms with van der Waals surface area (Å²) in [5, 5.41) is 16.5. The van der Waals surface area contributed by atoms with Crippen molar-refractivity contribution in [2.75, 3.05) is 17.7 Å². The summed E-state index contributed by atoms with van der Waals surface area (Å²) in [6, 6.07) is 14.8. The van der Waals surface area contributed by atoms with Gasteiger partial charge in [-0.15, -0.1) is 0 Å². The molecule has 1 aliphatic heterocycles. The van der Waals surface area contributed by atoms with Crippen LogP contribution in [0.1, 0.15) is 18.4 Å². The van der Waals surface area contributed by atoms with E-state index in [1.807, 2.05) is 0 Å². The lowest BCUT2D eigenvalue weighted by Crippen LogP contribution is -2.30. The molecule has 2 aromatic rings. The molecule has 0 saturated carbocycles. The lowest BCUT2D eigenvalue weighted by molar-refractivity contribution is -0.138. The largest absolute Gasteiger partial charge is 0.458 e. The molecule has 2 N–H and O–H groups in total. The van der Waals surface area contributed by atoms with Gasteiger partial charge in [-0.05, 0) is 25.1 Å². The fourth-order valence-corrected chi connectivity index (χ4v) is 4.49. The van der Waals surface area contributed by atoms with Crippen LogP contribution in [-0.2, 0) is 14.3 Å².